The fourth-order valence-corrected chi connectivity index (χ4v) is 2.28. The molecule has 0 fully saturated rings. The first-order valence-electron chi connectivity index (χ1n) is 5.82. The predicted octanol–water partition coefficient (Wildman–Crippen LogP) is 3.68. The van der Waals surface area contributed by atoms with Crippen LogP contribution in [-0.2, 0) is 10.8 Å². The molecule has 0 bridgehead atoms. The van der Waals surface area contributed by atoms with Crippen molar-refractivity contribution in [2.75, 3.05) is 0 Å². The van der Waals surface area contributed by atoms with E-state index in [2.05, 4.69) is 51.5 Å². The fourth-order valence-electron chi connectivity index (χ4n) is 1.62. The lowest BCUT2D eigenvalue weighted by molar-refractivity contribution is 0.520. The lowest BCUT2D eigenvalue weighted by Crippen LogP contribution is -2.21. The molecule has 4 heteroatoms. The average molecular weight is 249 g/mol. The summed E-state index contributed by atoms with van der Waals surface area (Å²) in [5, 5.41) is 0. The van der Waals surface area contributed by atoms with Crippen LogP contribution < -0.4 is 0 Å². The number of hydrogen-bond acceptors (Lipinski definition) is 4. The van der Waals surface area contributed by atoms with Crippen LogP contribution in [0.1, 0.15) is 53.1 Å². The van der Waals surface area contributed by atoms with Gasteiger partial charge in [-0.2, -0.15) is 0 Å². The Bertz CT molecular complexity index is 544. The van der Waals surface area contributed by atoms with Gasteiger partial charge in [0, 0.05) is 10.8 Å². The van der Waals surface area contributed by atoms with Gasteiger partial charge in [-0.15, -0.1) is 11.3 Å². The van der Waals surface area contributed by atoms with Crippen molar-refractivity contribution in [2.45, 2.75) is 52.4 Å². The van der Waals surface area contributed by atoms with Crippen LogP contribution in [0.3, 0.4) is 0 Å². The first-order chi connectivity index (χ1) is 7.69. The molecule has 0 spiro atoms. The highest BCUT2D eigenvalue weighted by Gasteiger charge is 2.26. The first kappa shape index (κ1) is 12.4. The molecule has 2 heterocycles. The van der Waals surface area contributed by atoms with Crippen LogP contribution >= 0.6 is 11.3 Å². The van der Waals surface area contributed by atoms with E-state index in [0.717, 1.165) is 21.9 Å². The summed E-state index contributed by atoms with van der Waals surface area (Å²) in [7, 11) is 0. The Morgan fingerprint density at radius 2 is 1.59 bits per heavy atom. The summed E-state index contributed by atoms with van der Waals surface area (Å²) < 4.78 is 0. The molecule has 0 radical (unpaired) electrons. The van der Waals surface area contributed by atoms with E-state index < -0.39 is 0 Å². The minimum Gasteiger partial charge on any atom is -0.241 e. The molecule has 2 rings (SSSR count). The van der Waals surface area contributed by atoms with Crippen molar-refractivity contribution >= 4 is 21.7 Å². The van der Waals surface area contributed by atoms with Crippen molar-refractivity contribution in [3.8, 4) is 0 Å². The van der Waals surface area contributed by atoms with Crippen molar-refractivity contribution in [3.63, 3.8) is 0 Å². The monoisotopic (exact) mass is 249 g/mol. The molecule has 92 valence electrons. The van der Waals surface area contributed by atoms with Gasteiger partial charge in [0.1, 0.15) is 16.2 Å². The number of nitrogens with zero attached hydrogens (tertiary/aromatic N) is 3. The van der Waals surface area contributed by atoms with Crippen LogP contribution in [0.2, 0.25) is 0 Å². The van der Waals surface area contributed by atoms with Gasteiger partial charge in [0.25, 0.3) is 0 Å². The number of hydrogen-bond donors (Lipinski definition) is 0. The maximum atomic E-state index is 4.75. The molecule has 0 unspecified atom stereocenters. The summed E-state index contributed by atoms with van der Waals surface area (Å²) in [6, 6.07) is 0. The van der Waals surface area contributed by atoms with Crippen molar-refractivity contribution in [1.29, 1.82) is 0 Å². The van der Waals surface area contributed by atoms with Gasteiger partial charge in [-0.05, 0) is 0 Å². The van der Waals surface area contributed by atoms with E-state index >= 15 is 0 Å². The molecule has 0 aliphatic carbocycles. The molecule has 3 nitrogen and oxygen atoms in total. The Morgan fingerprint density at radius 1 is 0.941 bits per heavy atom. The third-order valence-corrected chi connectivity index (χ3v) is 3.30. The normalized spacial score (nSPS) is 13.3. The highest BCUT2D eigenvalue weighted by atomic mass is 32.1. The third-order valence-electron chi connectivity index (χ3n) is 2.58. The number of fused-ring (bicyclic) bond motifs is 1. The molecule has 2 aromatic rings. The minimum atomic E-state index is -0.0296. The van der Waals surface area contributed by atoms with Crippen molar-refractivity contribution in [1.82, 2.24) is 15.0 Å². The summed E-state index contributed by atoms with van der Waals surface area (Å²) in [6.45, 7) is 12.9. The topological polar surface area (TPSA) is 38.7 Å². The molecule has 0 aliphatic rings. The maximum absolute atomic E-state index is 4.75. The summed E-state index contributed by atoms with van der Waals surface area (Å²) in [5.74, 6) is 0.902. The van der Waals surface area contributed by atoms with Gasteiger partial charge in [0.15, 0.2) is 0 Å². The lowest BCUT2D eigenvalue weighted by Gasteiger charge is -2.22. The smallest absolute Gasteiger partial charge is 0.147 e. The lowest BCUT2D eigenvalue weighted by atomic mass is 9.90. The Labute approximate surface area is 106 Å². The molecule has 0 saturated carbocycles. The molecule has 0 aliphatic heterocycles. The van der Waals surface area contributed by atoms with Crippen molar-refractivity contribution < 1.29 is 0 Å². The number of rotatable bonds is 0. The van der Waals surface area contributed by atoms with Gasteiger partial charge in [-0.3, -0.25) is 0 Å². The maximum Gasteiger partial charge on any atom is 0.147 e. The average Bonchev–Trinajstić information content (AvgIpc) is 2.59. The van der Waals surface area contributed by atoms with Gasteiger partial charge in [-0.25, -0.2) is 15.0 Å². The Balaban J connectivity index is 2.76. The van der Waals surface area contributed by atoms with E-state index in [1.54, 1.807) is 11.3 Å². The molecule has 0 saturated heterocycles. The van der Waals surface area contributed by atoms with E-state index in [1.165, 1.54) is 0 Å². The SMILES string of the molecule is CC(C)(C)c1nc(C(C)(C)C)c2ncsc2n1. The molecule has 0 aromatic carbocycles. The van der Waals surface area contributed by atoms with E-state index in [9.17, 15) is 0 Å². The van der Waals surface area contributed by atoms with E-state index in [0.29, 0.717) is 0 Å². The standard InChI is InChI=1S/C13H19N3S/c1-12(2,3)9-8-10(17-7-14-8)16-11(15-9)13(4,5)6/h7H,1-6H3. The van der Waals surface area contributed by atoms with Crippen LogP contribution in [0.25, 0.3) is 10.3 Å². The van der Waals surface area contributed by atoms with Crippen molar-refractivity contribution in [2.24, 2.45) is 0 Å². The zero-order chi connectivity index (χ0) is 12.8. The third kappa shape index (κ3) is 2.32. The van der Waals surface area contributed by atoms with Gasteiger partial charge in [0.05, 0.1) is 11.2 Å². The Kier molecular flexibility index (Phi) is 2.73. The van der Waals surface area contributed by atoms with Gasteiger partial charge in [-0.1, -0.05) is 41.5 Å². The summed E-state index contributed by atoms with van der Waals surface area (Å²) in [6.07, 6.45) is 0. The number of aromatic nitrogens is 3. The summed E-state index contributed by atoms with van der Waals surface area (Å²) >= 11 is 1.59. The predicted molar refractivity (Wildman–Crippen MR) is 72.6 cm³/mol. The van der Waals surface area contributed by atoms with Gasteiger partial charge in [0.2, 0.25) is 0 Å². The second kappa shape index (κ2) is 3.73. The molecule has 2 aromatic heterocycles. The highest BCUT2D eigenvalue weighted by Crippen LogP contribution is 2.31. The zero-order valence-corrected chi connectivity index (χ0v) is 12.1. The number of thiazole rings is 1. The second-order valence-corrected chi connectivity index (χ2v) is 7.24. The van der Waals surface area contributed by atoms with Crippen molar-refractivity contribution in [3.05, 3.63) is 17.0 Å². The van der Waals surface area contributed by atoms with E-state index in [1.807, 2.05) is 5.51 Å². The molecular formula is C13H19N3S. The summed E-state index contributed by atoms with van der Waals surface area (Å²) in [5.41, 5.74) is 3.82. The van der Waals surface area contributed by atoms with Crippen LogP contribution in [0, 0.1) is 0 Å². The molecular weight excluding hydrogens is 230 g/mol. The van der Waals surface area contributed by atoms with E-state index in [-0.39, 0.29) is 10.8 Å². The second-order valence-electron chi connectivity index (χ2n) is 6.40. The van der Waals surface area contributed by atoms with Crippen LogP contribution in [-0.4, -0.2) is 15.0 Å². The quantitative estimate of drug-likeness (QED) is 0.715. The summed E-state index contributed by atoms with van der Waals surface area (Å²) in [4.78, 5) is 14.8. The Morgan fingerprint density at radius 3 is 2.12 bits per heavy atom. The molecule has 0 atom stereocenters. The molecule has 0 amide bonds. The van der Waals surface area contributed by atoms with E-state index in [4.69, 9.17) is 4.98 Å². The van der Waals surface area contributed by atoms with Crippen LogP contribution in [0.4, 0.5) is 0 Å². The largest absolute Gasteiger partial charge is 0.241 e. The zero-order valence-electron chi connectivity index (χ0n) is 11.3. The molecule has 17 heavy (non-hydrogen) atoms. The van der Waals surface area contributed by atoms with Crippen LogP contribution in [0.5, 0.6) is 0 Å². The molecule has 0 N–H and O–H groups in total. The minimum absolute atomic E-state index is 0.00470. The van der Waals surface area contributed by atoms with Gasteiger partial charge < -0.3 is 0 Å². The van der Waals surface area contributed by atoms with Gasteiger partial charge >= 0.3 is 0 Å². The fraction of sp³-hybridized carbons (Fsp3) is 0.615. The highest BCUT2D eigenvalue weighted by molar-refractivity contribution is 7.16. The Hall–Kier alpha value is -1.03. The first-order valence-corrected chi connectivity index (χ1v) is 6.70. The van der Waals surface area contributed by atoms with Crippen LogP contribution in [0.15, 0.2) is 5.51 Å².